The fraction of sp³-hybridized carbons (Fsp3) is 0.259. The first-order valence-corrected chi connectivity index (χ1v) is 12.4. The van der Waals surface area contributed by atoms with E-state index in [1.165, 1.54) is 10.9 Å². The average molecular weight is 506 g/mol. The smallest absolute Gasteiger partial charge is 0.348 e. The van der Waals surface area contributed by atoms with Crippen molar-refractivity contribution < 1.29 is 19.1 Å². The molecule has 0 spiro atoms. The molecule has 186 valence electrons. The molecule has 0 bridgehead atoms. The van der Waals surface area contributed by atoms with Gasteiger partial charge in [-0.2, -0.15) is 0 Å². The molecule has 0 saturated carbocycles. The monoisotopic (exact) mass is 505 g/mol. The van der Waals surface area contributed by atoms with Gasteiger partial charge in [-0.3, -0.25) is 14.2 Å². The first-order chi connectivity index (χ1) is 17.3. The van der Waals surface area contributed by atoms with Gasteiger partial charge >= 0.3 is 5.97 Å². The van der Waals surface area contributed by atoms with E-state index in [1.807, 2.05) is 68.4 Å². The van der Waals surface area contributed by atoms with Crippen LogP contribution in [0.15, 0.2) is 65.7 Å². The number of amides is 1. The summed E-state index contributed by atoms with van der Waals surface area (Å²) in [5.41, 5.74) is 1.83. The molecule has 2 aromatic heterocycles. The van der Waals surface area contributed by atoms with Gasteiger partial charge in [0.1, 0.15) is 35.2 Å². The fourth-order valence-corrected chi connectivity index (χ4v) is 4.83. The van der Waals surface area contributed by atoms with E-state index >= 15 is 0 Å². The summed E-state index contributed by atoms with van der Waals surface area (Å²) in [6, 6.07) is 16.8. The van der Waals surface area contributed by atoms with Crippen LogP contribution in [0.3, 0.4) is 0 Å². The molecule has 2 aromatic carbocycles. The van der Waals surface area contributed by atoms with Crippen LogP contribution in [0.4, 0.5) is 5.69 Å². The lowest BCUT2D eigenvalue weighted by Crippen LogP contribution is -2.28. The molecule has 9 heteroatoms. The molecule has 8 nitrogen and oxygen atoms in total. The lowest BCUT2D eigenvalue weighted by Gasteiger charge is -2.14. The molecule has 0 unspecified atom stereocenters. The highest BCUT2D eigenvalue weighted by Crippen LogP contribution is 2.28. The van der Waals surface area contributed by atoms with Gasteiger partial charge in [-0.15, -0.1) is 11.3 Å². The number of hydrogen-bond acceptors (Lipinski definition) is 7. The molecule has 2 heterocycles. The second-order valence-electron chi connectivity index (χ2n) is 8.50. The van der Waals surface area contributed by atoms with E-state index in [0.29, 0.717) is 32.1 Å². The molecule has 0 atom stereocenters. The summed E-state index contributed by atoms with van der Waals surface area (Å²) in [7, 11) is 0. The molecule has 1 N–H and O–H groups in total. The molecule has 0 aliphatic carbocycles. The number of aromatic nitrogens is 2. The largest absolute Gasteiger partial charge is 0.490 e. The number of fused-ring (bicyclic) bond motifs is 1. The maximum Gasteiger partial charge on any atom is 0.348 e. The van der Waals surface area contributed by atoms with Crippen LogP contribution in [0.2, 0.25) is 0 Å². The van der Waals surface area contributed by atoms with Gasteiger partial charge in [-0.1, -0.05) is 50.2 Å². The predicted octanol–water partition coefficient (Wildman–Crippen LogP) is 4.76. The second-order valence-corrected chi connectivity index (χ2v) is 9.50. The summed E-state index contributed by atoms with van der Waals surface area (Å²) in [5.74, 6) is 0.0466. The minimum atomic E-state index is -0.541. The normalized spacial score (nSPS) is 11.0. The Morgan fingerprint density at radius 3 is 2.53 bits per heavy atom. The maximum absolute atomic E-state index is 13.1. The molecule has 0 aliphatic heterocycles. The third kappa shape index (κ3) is 5.63. The van der Waals surface area contributed by atoms with E-state index in [1.54, 1.807) is 6.92 Å². The standard InChI is InChI=1S/C27H27N3O5S/c1-17(2)20-11-7-8-12-21(20)29-22(31)15-30-16-28-25-23(26(30)32)18(3)24(36-25)27(33)35-14-13-34-19-9-5-4-6-10-19/h4-12,16-17H,13-15H2,1-3H3,(H,29,31). The van der Waals surface area contributed by atoms with E-state index in [2.05, 4.69) is 10.3 Å². The Bertz CT molecular complexity index is 1440. The summed E-state index contributed by atoms with van der Waals surface area (Å²) in [6.45, 7) is 5.86. The zero-order valence-corrected chi connectivity index (χ0v) is 21.1. The summed E-state index contributed by atoms with van der Waals surface area (Å²) in [4.78, 5) is 43.5. The summed E-state index contributed by atoms with van der Waals surface area (Å²) < 4.78 is 12.1. The molecule has 0 fully saturated rings. The van der Waals surface area contributed by atoms with Crippen molar-refractivity contribution >= 4 is 39.1 Å². The SMILES string of the molecule is Cc1c(C(=O)OCCOc2ccccc2)sc2ncn(CC(=O)Nc3ccccc3C(C)C)c(=O)c12. The average Bonchev–Trinajstić information content (AvgIpc) is 3.21. The molecular weight excluding hydrogens is 478 g/mol. The van der Waals surface area contributed by atoms with Gasteiger partial charge in [0.25, 0.3) is 5.56 Å². The number of anilines is 1. The minimum Gasteiger partial charge on any atom is -0.490 e. The van der Waals surface area contributed by atoms with Crippen LogP contribution in [0.5, 0.6) is 5.75 Å². The Morgan fingerprint density at radius 2 is 1.78 bits per heavy atom. The molecule has 0 saturated heterocycles. The number of thiophene rings is 1. The molecule has 4 aromatic rings. The lowest BCUT2D eigenvalue weighted by molar-refractivity contribution is -0.116. The van der Waals surface area contributed by atoms with E-state index in [-0.39, 0.29) is 37.1 Å². The van der Waals surface area contributed by atoms with Crippen LogP contribution in [-0.4, -0.2) is 34.6 Å². The molecular formula is C27H27N3O5S. The molecule has 1 amide bonds. The van der Waals surface area contributed by atoms with Gasteiger partial charge in [0.2, 0.25) is 5.91 Å². The first-order valence-electron chi connectivity index (χ1n) is 11.6. The number of hydrogen-bond donors (Lipinski definition) is 1. The number of ether oxygens (including phenoxy) is 2. The number of nitrogens with one attached hydrogen (secondary N) is 1. The van der Waals surface area contributed by atoms with Crippen molar-refractivity contribution in [3.05, 3.63) is 87.3 Å². The van der Waals surface area contributed by atoms with Crippen LogP contribution in [-0.2, 0) is 16.1 Å². The number of para-hydroxylation sites is 2. The number of esters is 1. The Balaban J connectivity index is 1.44. The zero-order chi connectivity index (χ0) is 25.7. The summed E-state index contributed by atoms with van der Waals surface area (Å²) in [6.07, 6.45) is 1.33. The van der Waals surface area contributed by atoms with Crippen molar-refractivity contribution in [2.45, 2.75) is 33.2 Å². The van der Waals surface area contributed by atoms with Crippen molar-refractivity contribution in [3.63, 3.8) is 0 Å². The molecule has 0 radical (unpaired) electrons. The Labute approximate surface area is 212 Å². The van der Waals surface area contributed by atoms with Crippen molar-refractivity contribution in [2.24, 2.45) is 0 Å². The summed E-state index contributed by atoms with van der Waals surface area (Å²) in [5, 5.41) is 3.19. The topological polar surface area (TPSA) is 99.5 Å². The summed E-state index contributed by atoms with van der Waals surface area (Å²) >= 11 is 1.10. The lowest BCUT2D eigenvalue weighted by atomic mass is 10.0. The van der Waals surface area contributed by atoms with E-state index < -0.39 is 5.97 Å². The Kier molecular flexibility index (Phi) is 7.80. The molecule has 0 aliphatic rings. The highest BCUT2D eigenvalue weighted by atomic mass is 32.1. The van der Waals surface area contributed by atoms with Crippen LogP contribution < -0.4 is 15.6 Å². The highest BCUT2D eigenvalue weighted by molar-refractivity contribution is 7.20. The van der Waals surface area contributed by atoms with Crippen molar-refractivity contribution in [1.82, 2.24) is 9.55 Å². The third-order valence-corrected chi connectivity index (χ3v) is 6.78. The predicted molar refractivity (Wildman–Crippen MR) is 140 cm³/mol. The number of carbonyl (C=O) groups excluding carboxylic acids is 2. The van der Waals surface area contributed by atoms with Crippen LogP contribution in [0, 0.1) is 6.92 Å². The van der Waals surface area contributed by atoms with Gasteiger partial charge in [-0.25, -0.2) is 9.78 Å². The van der Waals surface area contributed by atoms with Crippen LogP contribution >= 0.6 is 11.3 Å². The molecule has 36 heavy (non-hydrogen) atoms. The Morgan fingerprint density at radius 1 is 1.06 bits per heavy atom. The van der Waals surface area contributed by atoms with Gasteiger partial charge < -0.3 is 14.8 Å². The molecule has 4 rings (SSSR count). The van der Waals surface area contributed by atoms with E-state index in [4.69, 9.17) is 9.47 Å². The highest BCUT2D eigenvalue weighted by Gasteiger charge is 2.21. The van der Waals surface area contributed by atoms with Gasteiger partial charge in [0.15, 0.2) is 0 Å². The first kappa shape index (κ1) is 25.1. The zero-order valence-electron chi connectivity index (χ0n) is 20.3. The number of nitrogens with zero attached hydrogens (tertiary/aromatic N) is 2. The maximum atomic E-state index is 13.1. The number of rotatable bonds is 9. The van der Waals surface area contributed by atoms with Gasteiger partial charge in [0, 0.05) is 5.69 Å². The quantitative estimate of drug-likeness (QED) is 0.260. The number of benzene rings is 2. The van der Waals surface area contributed by atoms with Crippen LogP contribution in [0.1, 0.15) is 40.6 Å². The third-order valence-electron chi connectivity index (χ3n) is 5.60. The number of aryl methyl sites for hydroxylation is 1. The van der Waals surface area contributed by atoms with Crippen molar-refractivity contribution in [2.75, 3.05) is 18.5 Å². The van der Waals surface area contributed by atoms with Crippen LogP contribution in [0.25, 0.3) is 10.2 Å². The number of carbonyl (C=O) groups is 2. The minimum absolute atomic E-state index is 0.0666. The second kappa shape index (κ2) is 11.2. The van der Waals surface area contributed by atoms with Crippen molar-refractivity contribution in [1.29, 1.82) is 0 Å². The van der Waals surface area contributed by atoms with E-state index in [0.717, 1.165) is 16.9 Å². The van der Waals surface area contributed by atoms with E-state index in [9.17, 15) is 14.4 Å². The van der Waals surface area contributed by atoms with Gasteiger partial charge in [-0.05, 0) is 42.2 Å². The fourth-order valence-electron chi connectivity index (χ4n) is 3.80. The van der Waals surface area contributed by atoms with Crippen molar-refractivity contribution in [3.8, 4) is 5.75 Å². The van der Waals surface area contributed by atoms with Gasteiger partial charge in [0.05, 0.1) is 11.7 Å². The Hall–Kier alpha value is -3.98.